The topological polar surface area (TPSA) is 56.8 Å². The number of rotatable bonds is 5. The molecule has 0 radical (unpaired) electrons. The average molecular weight is 355 g/mol. The molecule has 0 aliphatic carbocycles. The second-order valence-electron chi connectivity index (χ2n) is 6.66. The minimum atomic E-state index is -0.587. The van der Waals surface area contributed by atoms with Gasteiger partial charge in [0.25, 0.3) is 5.91 Å². The summed E-state index contributed by atoms with van der Waals surface area (Å²) in [6.07, 6.45) is -0.587. The predicted molar refractivity (Wildman–Crippen MR) is 100.0 cm³/mol. The van der Waals surface area contributed by atoms with E-state index in [1.54, 1.807) is 6.92 Å². The Morgan fingerprint density at radius 2 is 1.77 bits per heavy atom. The van der Waals surface area contributed by atoms with Crippen molar-refractivity contribution < 1.29 is 19.0 Å². The first-order chi connectivity index (χ1) is 12.4. The van der Waals surface area contributed by atoms with Crippen LogP contribution in [0.15, 0.2) is 36.4 Å². The highest BCUT2D eigenvalue weighted by atomic mass is 16.6. The van der Waals surface area contributed by atoms with Crippen molar-refractivity contribution in [2.45, 2.75) is 39.8 Å². The Balaban J connectivity index is 1.63. The van der Waals surface area contributed by atoms with E-state index < -0.39 is 6.10 Å². The summed E-state index contributed by atoms with van der Waals surface area (Å²) < 4.78 is 17.0. The van der Waals surface area contributed by atoms with Crippen molar-refractivity contribution in [3.05, 3.63) is 53.1 Å². The molecule has 26 heavy (non-hydrogen) atoms. The van der Waals surface area contributed by atoms with Gasteiger partial charge >= 0.3 is 0 Å². The predicted octanol–water partition coefficient (Wildman–Crippen LogP) is 3.72. The first kappa shape index (κ1) is 18.1. The lowest BCUT2D eigenvalue weighted by Gasteiger charge is -2.22. The standard InChI is InChI=1S/C21H25NO4/c1-13-5-7-18(14(2)11-13)26-16(4)21(23)22-15(3)17-6-8-19-20(12-17)25-10-9-24-19/h5-8,11-12,15-16H,9-10H2,1-4H3,(H,22,23)/t15-,16+/m1/s1. The molecule has 0 bridgehead atoms. The van der Waals surface area contributed by atoms with Crippen molar-refractivity contribution in [3.8, 4) is 17.2 Å². The summed E-state index contributed by atoms with van der Waals surface area (Å²) in [5.74, 6) is 2.03. The number of amides is 1. The zero-order valence-corrected chi connectivity index (χ0v) is 15.7. The highest BCUT2D eigenvalue weighted by Gasteiger charge is 2.20. The van der Waals surface area contributed by atoms with E-state index in [-0.39, 0.29) is 11.9 Å². The molecule has 5 heteroatoms. The number of carbonyl (C=O) groups excluding carboxylic acids is 1. The van der Waals surface area contributed by atoms with E-state index in [2.05, 4.69) is 5.32 Å². The quantitative estimate of drug-likeness (QED) is 0.888. The Labute approximate surface area is 154 Å². The highest BCUT2D eigenvalue weighted by molar-refractivity contribution is 5.81. The molecule has 2 aromatic rings. The summed E-state index contributed by atoms with van der Waals surface area (Å²) in [4.78, 5) is 12.5. The zero-order chi connectivity index (χ0) is 18.7. The number of hydrogen-bond acceptors (Lipinski definition) is 4. The normalized spacial score (nSPS) is 15.1. The van der Waals surface area contributed by atoms with Gasteiger partial charge in [-0.3, -0.25) is 4.79 Å². The number of benzene rings is 2. The molecule has 0 spiro atoms. The second-order valence-corrected chi connectivity index (χ2v) is 6.66. The lowest BCUT2D eigenvalue weighted by molar-refractivity contribution is -0.127. The van der Waals surface area contributed by atoms with Crippen LogP contribution in [-0.4, -0.2) is 25.2 Å². The number of ether oxygens (including phenoxy) is 3. The first-order valence-corrected chi connectivity index (χ1v) is 8.88. The van der Waals surface area contributed by atoms with Gasteiger partial charge in [-0.25, -0.2) is 0 Å². The van der Waals surface area contributed by atoms with Crippen molar-refractivity contribution in [3.63, 3.8) is 0 Å². The van der Waals surface area contributed by atoms with E-state index in [4.69, 9.17) is 14.2 Å². The molecule has 3 rings (SSSR count). The number of hydrogen-bond donors (Lipinski definition) is 1. The largest absolute Gasteiger partial charge is 0.486 e. The lowest BCUT2D eigenvalue weighted by Crippen LogP contribution is -2.37. The Bertz CT molecular complexity index is 803. The third-order valence-corrected chi connectivity index (χ3v) is 4.43. The summed E-state index contributed by atoms with van der Waals surface area (Å²) in [7, 11) is 0. The Morgan fingerprint density at radius 3 is 2.50 bits per heavy atom. The zero-order valence-electron chi connectivity index (χ0n) is 15.7. The van der Waals surface area contributed by atoms with Crippen molar-refractivity contribution in [1.29, 1.82) is 0 Å². The monoisotopic (exact) mass is 355 g/mol. The fourth-order valence-corrected chi connectivity index (χ4v) is 2.92. The highest BCUT2D eigenvalue weighted by Crippen LogP contribution is 2.32. The minimum absolute atomic E-state index is 0.160. The van der Waals surface area contributed by atoms with E-state index >= 15 is 0 Å². The van der Waals surface area contributed by atoms with Crippen LogP contribution >= 0.6 is 0 Å². The van der Waals surface area contributed by atoms with Crippen molar-refractivity contribution in [2.24, 2.45) is 0 Å². The lowest BCUT2D eigenvalue weighted by atomic mass is 10.1. The number of aryl methyl sites for hydroxylation is 2. The molecule has 1 N–H and O–H groups in total. The molecule has 0 saturated carbocycles. The third kappa shape index (κ3) is 4.10. The Morgan fingerprint density at radius 1 is 1.04 bits per heavy atom. The fraction of sp³-hybridized carbons (Fsp3) is 0.381. The summed E-state index contributed by atoms with van der Waals surface area (Å²) in [5, 5.41) is 2.99. The molecule has 1 aliphatic rings. The Kier molecular flexibility index (Phi) is 5.35. The number of carbonyl (C=O) groups is 1. The maximum Gasteiger partial charge on any atom is 0.261 e. The summed E-state index contributed by atoms with van der Waals surface area (Å²) >= 11 is 0. The van der Waals surface area contributed by atoms with Gasteiger partial charge in [0.15, 0.2) is 17.6 Å². The molecule has 0 saturated heterocycles. The van der Waals surface area contributed by atoms with Crippen LogP contribution in [0.4, 0.5) is 0 Å². The number of fused-ring (bicyclic) bond motifs is 1. The van der Waals surface area contributed by atoms with Crippen molar-refractivity contribution in [1.82, 2.24) is 5.32 Å². The van der Waals surface area contributed by atoms with E-state index in [0.717, 1.165) is 28.4 Å². The average Bonchev–Trinajstić information content (AvgIpc) is 2.63. The van der Waals surface area contributed by atoms with Crippen LogP contribution in [0.3, 0.4) is 0 Å². The van der Waals surface area contributed by atoms with Gasteiger partial charge < -0.3 is 19.5 Å². The number of nitrogens with one attached hydrogen (secondary N) is 1. The SMILES string of the molecule is Cc1ccc(O[C@@H](C)C(=O)N[C@H](C)c2ccc3c(c2)OCCO3)c(C)c1. The van der Waals surface area contributed by atoms with E-state index in [0.29, 0.717) is 13.2 Å². The molecule has 138 valence electrons. The van der Waals surface area contributed by atoms with E-state index in [1.165, 1.54) is 5.56 Å². The second kappa shape index (κ2) is 7.68. The third-order valence-electron chi connectivity index (χ3n) is 4.43. The molecule has 0 fully saturated rings. The van der Waals surface area contributed by atoms with Gasteiger partial charge in [0, 0.05) is 0 Å². The molecule has 1 heterocycles. The van der Waals surface area contributed by atoms with Gasteiger partial charge in [-0.05, 0) is 57.0 Å². The first-order valence-electron chi connectivity index (χ1n) is 8.88. The smallest absolute Gasteiger partial charge is 0.261 e. The maximum atomic E-state index is 12.5. The maximum absolute atomic E-state index is 12.5. The van der Waals surface area contributed by atoms with Gasteiger partial charge in [-0.1, -0.05) is 23.8 Å². The molecule has 2 aromatic carbocycles. The summed E-state index contributed by atoms with van der Waals surface area (Å²) in [5.41, 5.74) is 3.14. The molecule has 5 nitrogen and oxygen atoms in total. The summed E-state index contributed by atoms with van der Waals surface area (Å²) in [6, 6.07) is 11.5. The minimum Gasteiger partial charge on any atom is -0.486 e. The van der Waals surface area contributed by atoms with Crippen LogP contribution in [0.1, 0.15) is 36.6 Å². The van der Waals surface area contributed by atoms with Gasteiger partial charge in [0.2, 0.25) is 0 Å². The van der Waals surface area contributed by atoms with Crippen LogP contribution in [0, 0.1) is 13.8 Å². The van der Waals surface area contributed by atoms with Gasteiger partial charge in [-0.15, -0.1) is 0 Å². The van der Waals surface area contributed by atoms with Crippen LogP contribution in [-0.2, 0) is 4.79 Å². The molecular formula is C21H25NO4. The van der Waals surface area contributed by atoms with Crippen molar-refractivity contribution in [2.75, 3.05) is 13.2 Å². The van der Waals surface area contributed by atoms with Crippen LogP contribution in [0.25, 0.3) is 0 Å². The molecule has 1 aliphatic heterocycles. The van der Waals surface area contributed by atoms with Crippen LogP contribution < -0.4 is 19.5 Å². The molecule has 0 unspecified atom stereocenters. The van der Waals surface area contributed by atoms with E-state index in [9.17, 15) is 4.79 Å². The molecule has 2 atom stereocenters. The van der Waals surface area contributed by atoms with Gasteiger partial charge in [-0.2, -0.15) is 0 Å². The molecule has 0 aromatic heterocycles. The molecular weight excluding hydrogens is 330 g/mol. The van der Waals surface area contributed by atoms with Crippen LogP contribution in [0.2, 0.25) is 0 Å². The van der Waals surface area contributed by atoms with Gasteiger partial charge in [0.05, 0.1) is 6.04 Å². The van der Waals surface area contributed by atoms with E-state index in [1.807, 2.05) is 57.2 Å². The summed E-state index contributed by atoms with van der Waals surface area (Å²) in [6.45, 7) is 8.80. The van der Waals surface area contributed by atoms with Gasteiger partial charge in [0.1, 0.15) is 19.0 Å². The van der Waals surface area contributed by atoms with Crippen LogP contribution in [0.5, 0.6) is 17.2 Å². The van der Waals surface area contributed by atoms with Crippen molar-refractivity contribution >= 4 is 5.91 Å². The Hall–Kier alpha value is -2.69. The fourth-order valence-electron chi connectivity index (χ4n) is 2.92. The molecule has 1 amide bonds.